The van der Waals surface area contributed by atoms with E-state index in [4.69, 9.17) is 5.11 Å². The quantitative estimate of drug-likeness (QED) is 0.395. The minimum Gasteiger partial charge on any atom is -0.870 e. The van der Waals surface area contributed by atoms with E-state index < -0.39 is 5.97 Å². The predicted octanol–water partition coefficient (Wildman–Crippen LogP) is 2.38. The predicted molar refractivity (Wildman–Crippen MR) is 79.9 cm³/mol. The molecule has 3 nitrogen and oxygen atoms in total. The summed E-state index contributed by atoms with van der Waals surface area (Å²) in [6.45, 7) is 2.26. The Morgan fingerprint density at radius 3 is 1.30 bits per heavy atom. The maximum atomic E-state index is 10.3. The Labute approximate surface area is 147 Å². The molecule has 0 radical (unpaired) electrons. The van der Waals surface area contributed by atoms with Gasteiger partial charge in [-0.05, 0) is 6.42 Å². The number of carbonyl (C=O) groups is 1. The molecule has 0 aliphatic carbocycles. The summed E-state index contributed by atoms with van der Waals surface area (Å²) in [4.78, 5) is 10.3. The van der Waals surface area contributed by atoms with Gasteiger partial charge >= 0.3 is 35.5 Å². The summed E-state index contributed by atoms with van der Waals surface area (Å²) in [6.07, 6.45) is 17.3. The molecular formula is C16H33NaO3. The van der Waals surface area contributed by atoms with Crippen LogP contribution in [0.5, 0.6) is 0 Å². The van der Waals surface area contributed by atoms with Gasteiger partial charge in [-0.2, -0.15) is 0 Å². The summed E-state index contributed by atoms with van der Waals surface area (Å²) in [5.74, 6) is -0.655. The van der Waals surface area contributed by atoms with Crippen LogP contribution in [-0.2, 0) is 4.79 Å². The first-order valence-corrected chi connectivity index (χ1v) is 7.99. The third-order valence-electron chi connectivity index (χ3n) is 3.49. The summed E-state index contributed by atoms with van der Waals surface area (Å²) in [5.41, 5.74) is 0. The molecule has 0 heterocycles. The van der Waals surface area contributed by atoms with Gasteiger partial charge < -0.3 is 10.6 Å². The zero-order valence-electron chi connectivity index (χ0n) is 13.7. The minimum atomic E-state index is -0.655. The van der Waals surface area contributed by atoms with Gasteiger partial charge in [0.1, 0.15) is 0 Å². The van der Waals surface area contributed by atoms with Crippen LogP contribution in [0.25, 0.3) is 0 Å². The molecule has 0 aromatic heterocycles. The third kappa shape index (κ3) is 23.5. The molecule has 0 aromatic rings. The first-order valence-electron chi connectivity index (χ1n) is 7.99. The van der Waals surface area contributed by atoms with Crippen LogP contribution in [-0.4, -0.2) is 16.6 Å². The van der Waals surface area contributed by atoms with Crippen LogP contribution in [0, 0.1) is 0 Å². The first-order chi connectivity index (χ1) is 8.77. The smallest absolute Gasteiger partial charge is 0.870 e. The van der Waals surface area contributed by atoms with Gasteiger partial charge in [0.05, 0.1) is 0 Å². The van der Waals surface area contributed by atoms with Crippen LogP contribution in [0.1, 0.15) is 96.8 Å². The molecular weight excluding hydrogens is 263 g/mol. The van der Waals surface area contributed by atoms with Crippen LogP contribution >= 0.6 is 0 Å². The Kier molecular flexibility index (Phi) is 27.6. The zero-order valence-corrected chi connectivity index (χ0v) is 15.7. The minimum absolute atomic E-state index is 0. The number of rotatable bonds is 14. The molecule has 0 aromatic carbocycles. The molecule has 0 unspecified atom stereocenters. The van der Waals surface area contributed by atoms with Crippen LogP contribution in [0.15, 0.2) is 0 Å². The van der Waals surface area contributed by atoms with Crippen LogP contribution in [0.4, 0.5) is 0 Å². The molecule has 0 aliphatic heterocycles. The Morgan fingerprint density at radius 1 is 0.700 bits per heavy atom. The largest absolute Gasteiger partial charge is 1.00 e. The van der Waals surface area contributed by atoms with Gasteiger partial charge in [0, 0.05) is 6.42 Å². The van der Waals surface area contributed by atoms with E-state index in [0.29, 0.717) is 6.42 Å². The molecule has 4 heteroatoms. The monoisotopic (exact) mass is 296 g/mol. The van der Waals surface area contributed by atoms with Crippen molar-refractivity contribution in [2.24, 2.45) is 0 Å². The Balaban J connectivity index is -0.00000144. The van der Waals surface area contributed by atoms with Crippen molar-refractivity contribution >= 4 is 5.97 Å². The third-order valence-corrected chi connectivity index (χ3v) is 3.49. The van der Waals surface area contributed by atoms with Crippen molar-refractivity contribution in [3.05, 3.63) is 0 Å². The molecule has 0 fully saturated rings. The van der Waals surface area contributed by atoms with Crippen LogP contribution < -0.4 is 29.6 Å². The zero-order chi connectivity index (χ0) is 13.5. The second-order valence-electron chi connectivity index (χ2n) is 5.39. The maximum absolute atomic E-state index is 10.3. The van der Waals surface area contributed by atoms with Crippen molar-refractivity contribution < 1.29 is 44.9 Å². The fourth-order valence-corrected chi connectivity index (χ4v) is 2.29. The summed E-state index contributed by atoms with van der Waals surface area (Å²) in [5, 5.41) is 8.49. The molecule has 20 heavy (non-hydrogen) atoms. The van der Waals surface area contributed by atoms with Gasteiger partial charge in [0.15, 0.2) is 0 Å². The Bertz CT molecular complexity index is 187. The van der Waals surface area contributed by atoms with Crippen molar-refractivity contribution in [3.63, 3.8) is 0 Å². The molecule has 0 spiro atoms. The van der Waals surface area contributed by atoms with E-state index in [-0.39, 0.29) is 35.0 Å². The second-order valence-corrected chi connectivity index (χ2v) is 5.39. The maximum Gasteiger partial charge on any atom is 1.00 e. The Morgan fingerprint density at radius 2 is 1.00 bits per heavy atom. The van der Waals surface area contributed by atoms with Gasteiger partial charge in [0.25, 0.3) is 0 Å². The van der Waals surface area contributed by atoms with Crippen molar-refractivity contribution in [3.8, 4) is 0 Å². The number of carboxylic acid groups (broad SMARTS) is 1. The van der Waals surface area contributed by atoms with Crippen LogP contribution in [0.3, 0.4) is 0 Å². The molecule has 116 valence electrons. The second kappa shape index (κ2) is 21.7. The topological polar surface area (TPSA) is 67.3 Å². The van der Waals surface area contributed by atoms with Gasteiger partial charge in [-0.3, -0.25) is 4.79 Å². The number of carboxylic acids is 1. The molecule has 0 aliphatic rings. The molecule has 0 saturated carbocycles. The van der Waals surface area contributed by atoms with Crippen molar-refractivity contribution in [2.75, 3.05) is 0 Å². The Hall–Kier alpha value is 0.430. The average molecular weight is 296 g/mol. The number of unbranched alkanes of at least 4 members (excludes halogenated alkanes) is 12. The number of hydrogen-bond donors (Lipinski definition) is 1. The number of hydrogen-bond acceptors (Lipinski definition) is 2. The summed E-state index contributed by atoms with van der Waals surface area (Å²) >= 11 is 0. The molecule has 2 N–H and O–H groups in total. The molecule has 0 amide bonds. The SMILES string of the molecule is CCCCCCCCCCCCCCCC(=O)O.[Na+].[OH-]. The molecule has 0 bridgehead atoms. The van der Waals surface area contributed by atoms with Gasteiger partial charge in [-0.1, -0.05) is 84.0 Å². The van der Waals surface area contributed by atoms with Gasteiger partial charge in [0.2, 0.25) is 0 Å². The van der Waals surface area contributed by atoms with Gasteiger partial charge in [-0.25, -0.2) is 0 Å². The van der Waals surface area contributed by atoms with Crippen molar-refractivity contribution in [1.29, 1.82) is 0 Å². The molecule has 0 rings (SSSR count). The van der Waals surface area contributed by atoms with E-state index in [1.165, 1.54) is 70.6 Å². The van der Waals surface area contributed by atoms with Crippen LogP contribution in [0.2, 0.25) is 0 Å². The van der Waals surface area contributed by atoms with E-state index in [9.17, 15) is 4.79 Å². The van der Waals surface area contributed by atoms with E-state index in [1.807, 2.05) is 0 Å². The normalized spacial score (nSPS) is 9.65. The summed E-state index contributed by atoms with van der Waals surface area (Å²) < 4.78 is 0. The summed E-state index contributed by atoms with van der Waals surface area (Å²) in [7, 11) is 0. The van der Waals surface area contributed by atoms with Crippen molar-refractivity contribution in [1.82, 2.24) is 0 Å². The van der Waals surface area contributed by atoms with Gasteiger partial charge in [-0.15, -0.1) is 0 Å². The van der Waals surface area contributed by atoms with E-state index in [0.717, 1.165) is 12.8 Å². The fourth-order valence-electron chi connectivity index (χ4n) is 2.29. The molecule has 0 atom stereocenters. The average Bonchev–Trinajstić information content (AvgIpc) is 2.34. The fraction of sp³-hybridized carbons (Fsp3) is 0.938. The summed E-state index contributed by atoms with van der Waals surface area (Å²) in [6, 6.07) is 0. The van der Waals surface area contributed by atoms with E-state index in [2.05, 4.69) is 6.92 Å². The molecule has 0 saturated heterocycles. The van der Waals surface area contributed by atoms with E-state index in [1.54, 1.807) is 0 Å². The van der Waals surface area contributed by atoms with E-state index >= 15 is 0 Å². The first kappa shape index (κ1) is 25.4. The standard InChI is InChI=1S/C16H32O2.Na.H2O/c1-2-3-4-5-6-7-8-9-10-11-12-13-14-15-16(17)18;;/h2-15H2,1H3,(H,17,18);;1H2/q;+1;/p-1. The number of aliphatic carboxylic acids is 1. The van der Waals surface area contributed by atoms with Crippen molar-refractivity contribution in [2.45, 2.75) is 96.8 Å².